The predicted molar refractivity (Wildman–Crippen MR) is 148 cm³/mol. The molecule has 3 aliphatic rings. The van der Waals surface area contributed by atoms with E-state index in [0.29, 0.717) is 23.6 Å². The fraction of sp³-hybridized carbons (Fsp3) is 0.710. The first-order valence-electron chi connectivity index (χ1n) is 14.8. The highest BCUT2D eigenvalue weighted by Crippen LogP contribution is 2.45. The van der Waals surface area contributed by atoms with Gasteiger partial charge in [0, 0.05) is 24.2 Å². The van der Waals surface area contributed by atoms with Crippen LogP contribution in [0.25, 0.3) is 11.0 Å². The van der Waals surface area contributed by atoms with Crippen molar-refractivity contribution < 1.29 is 9.90 Å². The molecule has 37 heavy (non-hydrogen) atoms. The van der Waals surface area contributed by atoms with E-state index in [2.05, 4.69) is 37.6 Å². The van der Waals surface area contributed by atoms with E-state index < -0.39 is 11.5 Å². The summed E-state index contributed by atoms with van der Waals surface area (Å²) in [6.07, 6.45) is 11.9. The molecule has 1 aromatic carbocycles. The van der Waals surface area contributed by atoms with Crippen LogP contribution in [0.3, 0.4) is 0 Å². The van der Waals surface area contributed by atoms with Crippen LogP contribution in [0.15, 0.2) is 29.1 Å². The molecule has 1 N–H and O–H groups in total. The highest BCUT2D eigenvalue weighted by molar-refractivity contribution is 5.88. The molecule has 3 heterocycles. The molecule has 0 radical (unpaired) electrons. The third-order valence-corrected chi connectivity index (χ3v) is 10.00. The van der Waals surface area contributed by atoms with Crippen molar-refractivity contribution in [3.8, 4) is 0 Å². The summed E-state index contributed by atoms with van der Waals surface area (Å²) in [5, 5.41) is 9.71. The van der Waals surface area contributed by atoms with E-state index in [4.69, 9.17) is 0 Å². The van der Waals surface area contributed by atoms with Crippen molar-refractivity contribution in [2.45, 2.75) is 116 Å². The summed E-state index contributed by atoms with van der Waals surface area (Å²) in [6, 6.07) is 9.05. The number of aromatic nitrogens is 2. The van der Waals surface area contributed by atoms with Crippen LogP contribution in [0.2, 0.25) is 0 Å². The summed E-state index contributed by atoms with van der Waals surface area (Å²) in [5.74, 6) is 1.88. The lowest BCUT2D eigenvalue weighted by Gasteiger charge is -2.54. The zero-order chi connectivity index (χ0) is 26.3. The Bertz CT molecular complexity index is 1150. The van der Waals surface area contributed by atoms with Crippen molar-refractivity contribution in [2.75, 3.05) is 0 Å². The monoisotopic (exact) mass is 507 g/mol. The minimum atomic E-state index is -1.24. The number of para-hydroxylation sites is 2. The van der Waals surface area contributed by atoms with Crippen LogP contribution in [0, 0.1) is 23.7 Å². The molecule has 1 unspecified atom stereocenters. The van der Waals surface area contributed by atoms with Crippen LogP contribution in [-0.4, -0.2) is 43.7 Å². The molecular weight excluding hydrogens is 462 g/mol. The van der Waals surface area contributed by atoms with Gasteiger partial charge in [-0.05, 0) is 87.2 Å². The van der Waals surface area contributed by atoms with Crippen molar-refractivity contribution >= 4 is 17.0 Å². The first-order valence-corrected chi connectivity index (χ1v) is 14.8. The Labute approximate surface area is 221 Å². The SMILES string of the molecule is CC[C@H](C)C1C[C@H](C)CC(N2[C@@H]3CCC[C@H]2CC(n2c(=O)c(C(=O)O)nc4ccccc42)C3)C[C@@H](C)C1. The van der Waals surface area contributed by atoms with Crippen molar-refractivity contribution in [3.05, 3.63) is 40.3 Å². The topological polar surface area (TPSA) is 75.4 Å². The van der Waals surface area contributed by atoms with Crippen LogP contribution in [0.1, 0.15) is 108 Å². The molecule has 1 aromatic heterocycles. The molecule has 2 aromatic rings. The summed E-state index contributed by atoms with van der Waals surface area (Å²) < 4.78 is 1.79. The Kier molecular flexibility index (Phi) is 7.76. The molecule has 1 saturated carbocycles. The summed E-state index contributed by atoms with van der Waals surface area (Å²) >= 11 is 0. The van der Waals surface area contributed by atoms with Gasteiger partial charge in [-0.15, -0.1) is 0 Å². The summed E-state index contributed by atoms with van der Waals surface area (Å²) in [5.41, 5.74) is 0.542. The highest BCUT2D eigenvalue weighted by Gasteiger charge is 2.44. The number of hydrogen-bond acceptors (Lipinski definition) is 4. The maximum absolute atomic E-state index is 13.4. The molecule has 6 atom stereocenters. The van der Waals surface area contributed by atoms with Crippen molar-refractivity contribution in [2.24, 2.45) is 23.7 Å². The minimum Gasteiger partial charge on any atom is -0.476 e. The van der Waals surface area contributed by atoms with Crippen molar-refractivity contribution in [1.82, 2.24) is 14.5 Å². The van der Waals surface area contributed by atoms with Gasteiger partial charge in [-0.25, -0.2) is 9.78 Å². The molecule has 3 fully saturated rings. The van der Waals surface area contributed by atoms with Crippen molar-refractivity contribution in [1.29, 1.82) is 0 Å². The van der Waals surface area contributed by atoms with E-state index in [1.165, 1.54) is 51.4 Å². The van der Waals surface area contributed by atoms with Gasteiger partial charge in [0.05, 0.1) is 11.0 Å². The van der Waals surface area contributed by atoms with E-state index in [1.54, 1.807) is 4.57 Å². The van der Waals surface area contributed by atoms with Gasteiger partial charge in [0.2, 0.25) is 5.69 Å². The highest BCUT2D eigenvalue weighted by atomic mass is 16.4. The van der Waals surface area contributed by atoms with E-state index in [9.17, 15) is 14.7 Å². The normalized spacial score (nSPS) is 34.0. The average Bonchev–Trinajstić information content (AvgIpc) is 2.85. The third kappa shape index (κ3) is 5.23. The van der Waals surface area contributed by atoms with E-state index >= 15 is 0 Å². The number of piperidine rings is 2. The molecular formula is C31H45N3O3. The number of benzene rings is 1. The van der Waals surface area contributed by atoms with Gasteiger partial charge in [-0.2, -0.15) is 0 Å². The van der Waals surface area contributed by atoms with E-state index in [1.807, 2.05) is 24.3 Å². The van der Waals surface area contributed by atoms with E-state index in [0.717, 1.165) is 42.0 Å². The Balaban J connectivity index is 1.43. The Hall–Kier alpha value is -2.21. The first-order chi connectivity index (χ1) is 17.8. The van der Waals surface area contributed by atoms with Gasteiger partial charge in [0.25, 0.3) is 5.56 Å². The second kappa shape index (κ2) is 10.9. The third-order valence-electron chi connectivity index (χ3n) is 10.00. The maximum atomic E-state index is 13.4. The molecule has 2 saturated heterocycles. The second-order valence-electron chi connectivity index (χ2n) is 12.7. The molecule has 202 valence electrons. The number of nitrogens with zero attached hydrogens (tertiary/aromatic N) is 3. The van der Waals surface area contributed by atoms with Gasteiger partial charge in [0.15, 0.2) is 0 Å². The fourth-order valence-electron chi connectivity index (χ4n) is 8.24. The number of carbonyl (C=O) groups is 1. The molecule has 5 rings (SSSR count). The number of carboxylic acids is 1. The van der Waals surface area contributed by atoms with Crippen LogP contribution < -0.4 is 5.56 Å². The number of hydrogen-bond donors (Lipinski definition) is 1. The van der Waals surface area contributed by atoms with Crippen molar-refractivity contribution in [3.63, 3.8) is 0 Å². The second-order valence-corrected chi connectivity index (χ2v) is 12.7. The average molecular weight is 508 g/mol. The Morgan fingerprint density at radius 3 is 2.19 bits per heavy atom. The molecule has 0 spiro atoms. The quantitative estimate of drug-likeness (QED) is 0.498. The summed E-state index contributed by atoms with van der Waals surface area (Å²) in [4.78, 5) is 32.4. The Morgan fingerprint density at radius 1 is 0.973 bits per heavy atom. The number of rotatable bonds is 5. The fourth-order valence-corrected chi connectivity index (χ4v) is 8.24. The molecule has 1 aliphatic carbocycles. The van der Waals surface area contributed by atoms with Gasteiger partial charge in [0.1, 0.15) is 0 Å². The van der Waals surface area contributed by atoms with Crippen LogP contribution in [0.4, 0.5) is 0 Å². The predicted octanol–water partition coefficient (Wildman–Crippen LogP) is 6.53. The molecule has 6 nitrogen and oxygen atoms in total. The van der Waals surface area contributed by atoms with E-state index in [-0.39, 0.29) is 11.7 Å². The molecule has 2 bridgehead atoms. The minimum absolute atomic E-state index is 0.0169. The molecule has 6 heteroatoms. The number of carboxylic acid groups (broad SMARTS) is 1. The number of aromatic carboxylic acids is 1. The van der Waals surface area contributed by atoms with Gasteiger partial charge in [-0.1, -0.05) is 52.7 Å². The zero-order valence-electron chi connectivity index (χ0n) is 23.1. The maximum Gasteiger partial charge on any atom is 0.360 e. The van der Waals surface area contributed by atoms with Crippen LogP contribution >= 0.6 is 0 Å². The lowest BCUT2D eigenvalue weighted by Crippen LogP contribution is -2.58. The van der Waals surface area contributed by atoms with Crippen LogP contribution in [-0.2, 0) is 0 Å². The summed E-state index contributed by atoms with van der Waals surface area (Å²) in [6.45, 7) is 9.72. The molecule has 2 aliphatic heterocycles. The smallest absolute Gasteiger partial charge is 0.360 e. The Morgan fingerprint density at radius 2 is 1.59 bits per heavy atom. The zero-order valence-corrected chi connectivity index (χ0v) is 23.1. The molecule has 0 amide bonds. The lowest BCUT2D eigenvalue weighted by molar-refractivity contribution is -0.0363. The van der Waals surface area contributed by atoms with Crippen LogP contribution in [0.5, 0.6) is 0 Å². The summed E-state index contributed by atoms with van der Waals surface area (Å²) in [7, 11) is 0. The van der Waals surface area contributed by atoms with Gasteiger partial charge < -0.3 is 9.67 Å². The lowest BCUT2D eigenvalue weighted by atomic mass is 9.72. The standard InChI is InChI=1S/C31H45N3O3/c1-5-21(4)22-13-19(2)15-25(16-20(3)14-22)33-23-9-8-10-24(33)18-26(17-23)34-28-12-7-6-11-27(28)32-29(30(34)35)31(36)37/h6-7,11-12,19-26H,5,8-10,13-18H2,1-4H3,(H,36,37)/t19-,20-,21-,22?,23-,24+,25?,26?/m0/s1. The first kappa shape index (κ1) is 26.4. The largest absolute Gasteiger partial charge is 0.476 e. The number of fused-ring (bicyclic) bond motifs is 3. The van der Waals surface area contributed by atoms with Gasteiger partial charge in [-0.3, -0.25) is 9.69 Å². The van der Waals surface area contributed by atoms with Gasteiger partial charge >= 0.3 is 5.97 Å².